The minimum Gasteiger partial charge on any atom is -0.458 e. The molecule has 10 nitrogen and oxygen atoms in total. The Hall–Kier alpha value is -3.95. The molecule has 1 aromatic carbocycles. The number of non-ortho nitro benzene ring substituents is 1. The average molecular weight is 382 g/mol. The van der Waals surface area contributed by atoms with Crippen LogP contribution in [0.25, 0.3) is 0 Å². The average Bonchev–Trinajstić information content (AvgIpc) is 2.64. The van der Waals surface area contributed by atoms with E-state index in [4.69, 9.17) is 16.2 Å². The number of esters is 1. The maximum absolute atomic E-state index is 12.7. The third-order valence-corrected chi connectivity index (χ3v) is 4.25. The van der Waals surface area contributed by atoms with Crippen LogP contribution < -0.4 is 16.8 Å². The Morgan fingerprint density at radius 3 is 2.86 bits per heavy atom. The second-order valence-corrected chi connectivity index (χ2v) is 6.07. The van der Waals surface area contributed by atoms with Gasteiger partial charge in [0.25, 0.3) is 5.69 Å². The summed E-state index contributed by atoms with van der Waals surface area (Å²) in [5, 5.41) is 14.2. The lowest BCUT2D eigenvalue weighted by atomic mass is 9.81. The van der Waals surface area contributed by atoms with Crippen LogP contribution in [0, 0.1) is 10.1 Å². The van der Waals surface area contributed by atoms with Crippen LogP contribution in [0.3, 0.4) is 0 Å². The van der Waals surface area contributed by atoms with Crippen molar-refractivity contribution >= 4 is 29.2 Å². The number of nitrogen functional groups attached to an aromatic ring is 2. The summed E-state index contributed by atoms with van der Waals surface area (Å²) in [6.45, 7) is 5.21. The molecule has 0 spiro atoms. The first kappa shape index (κ1) is 18.8. The van der Waals surface area contributed by atoms with Gasteiger partial charge in [-0.05, 0) is 12.5 Å². The molecule has 1 aliphatic rings. The molecular formula is C18H18N6O4. The molecule has 3 rings (SSSR count). The number of carbonyl (C=O) groups is 1. The maximum atomic E-state index is 12.7. The standard InChI is InChI=1S/C18H18N6O4/c1-3-7-28-17(25)12-9(2)21-16-14(15(19)22-18(20)23-16)13(12)10-5-4-6-11(8-10)24(26)27/h3-6,8,13H,1,7H2,2H3,(H5,19,20,21,22,23). The minimum absolute atomic E-state index is 0.0118. The van der Waals surface area contributed by atoms with Gasteiger partial charge in [-0.2, -0.15) is 9.97 Å². The number of benzene rings is 1. The zero-order chi connectivity index (χ0) is 20.4. The summed E-state index contributed by atoms with van der Waals surface area (Å²) in [5.74, 6) is -1.02. The molecule has 0 radical (unpaired) electrons. The fourth-order valence-electron chi connectivity index (χ4n) is 3.12. The van der Waals surface area contributed by atoms with Gasteiger partial charge in [0.2, 0.25) is 5.95 Å². The van der Waals surface area contributed by atoms with Crippen LogP contribution in [0.1, 0.15) is 24.0 Å². The fraction of sp³-hybridized carbons (Fsp3) is 0.167. The van der Waals surface area contributed by atoms with E-state index in [9.17, 15) is 14.9 Å². The molecule has 144 valence electrons. The SMILES string of the molecule is C=CCOC(=O)C1=C(C)Nc2nc(N)nc(N)c2C1c1cccc([N+](=O)[O-])c1. The van der Waals surface area contributed by atoms with Crippen LogP contribution >= 0.6 is 0 Å². The smallest absolute Gasteiger partial charge is 0.337 e. The predicted octanol–water partition coefficient (Wildman–Crippen LogP) is 2.11. The van der Waals surface area contributed by atoms with Gasteiger partial charge in [-0.15, -0.1) is 0 Å². The molecule has 0 amide bonds. The van der Waals surface area contributed by atoms with Crippen LogP contribution in [0.15, 0.2) is 48.2 Å². The lowest BCUT2D eigenvalue weighted by Gasteiger charge is -2.29. The van der Waals surface area contributed by atoms with E-state index < -0.39 is 16.8 Å². The van der Waals surface area contributed by atoms with E-state index in [0.29, 0.717) is 22.6 Å². The molecule has 10 heteroatoms. The van der Waals surface area contributed by atoms with Gasteiger partial charge in [-0.1, -0.05) is 24.8 Å². The quantitative estimate of drug-likeness (QED) is 0.304. The van der Waals surface area contributed by atoms with E-state index in [1.807, 2.05) is 0 Å². The summed E-state index contributed by atoms with van der Waals surface area (Å²) in [5.41, 5.74) is 13.2. The number of nitrogens with zero attached hydrogens (tertiary/aromatic N) is 3. The molecule has 0 bridgehead atoms. The monoisotopic (exact) mass is 382 g/mol. The van der Waals surface area contributed by atoms with E-state index in [1.54, 1.807) is 13.0 Å². The summed E-state index contributed by atoms with van der Waals surface area (Å²) in [6, 6.07) is 5.94. The van der Waals surface area contributed by atoms with Crippen molar-refractivity contribution in [3.05, 3.63) is 69.4 Å². The Kier molecular flexibility index (Phi) is 4.94. The van der Waals surface area contributed by atoms with Crippen molar-refractivity contribution in [2.75, 3.05) is 23.4 Å². The first-order chi connectivity index (χ1) is 13.3. The third kappa shape index (κ3) is 3.34. The number of hydrogen-bond donors (Lipinski definition) is 3. The predicted molar refractivity (Wildman–Crippen MR) is 103 cm³/mol. The number of nitrogens with two attached hydrogens (primary N) is 2. The maximum Gasteiger partial charge on any atom is 0.337 e. The van der Waals surface area contributed by atoms with Crippen molar-refractivity contribution < 1.29 is 14.5 Å². The highest BCUT2D eigenvalue weighted by Gasteiger charge is 2.36. The molecule has 0 fully saturated rings. The summed E-state index contributed by atoms with van der Waals surface area (Å²) in [7, 11) is 0. The zero-order valence-electron chi connectivity index (χ0n) is 15.0. The summed E-state index contributed by atoms with van der Waals surface area (Å²) in [6.07, 6.45) is 1.44. The minimum atomic E-state index is -0.769. The molecule has 0 aliphatic carbocycles. The molecule has 0 saturated carbocycles. The Morgan fingerprint density at radius 2 is 2.18 bits per heavy atom. The second kappa shape index (κ2) is 7.35. The summed E-state index contributed by atoms with van der Waals surface area (Å²) < 4.78 is 5.21. The highest BCUT2D eigenvalue weighted by atomic mass is 16.6. The van der Waals surface area contributed by atoms with E-state index in [0.717, 1.165) is 0 Å². The number of nitro benzene ring substituents is 1. The van der Waals surface area contributed by atoms with Gasteiger partial charge < -0.3 is 21.5 Å². The molecule has 1 atom stereocenters. The van der Waals surface area contributed by atoms with Crippen LogP contribution in [0.4, 0.5) is 23.3 Å². The molecule has 1 aromatic heterocycles. The van der Waals surface area contributed by atoms with Crippen LogP contribution in [0.5, 0.6) is 0 Å². The molecule has 1 unspecified atom stereocenters. The number of nitrogens with one attached hydrogen (secondary N) is 1. The largest absolute Gasteiger partial charge is 0.458 e. The molecular weight excluding hydrogens is 364 g/mol. The van der Waals surface area contributed by atoms with E-state index in [-0.39, 0.29) is 29.6 Å². The van der Waals surface area contributed by atoms with Crippen molar-refractivity contribution in [2.45, 2.75) is 12.8 Å². The zero-order valence-corrected chi connectivity index (χ0v) is 15.0. The molecule has 2 aromatic rings. The van der Waals surface area contributed by atoms with E-state index >= 15 is 0 Å². The summed E-state index contributed by atoms with van der Waals surface area (Å²) >= 11 is 0. The number of fused-ring (bicyclic) bond motifs is 1. The van der Waals surface area contributed by atoms with Crippen molar-refractivity contribution in [2.24, 2.45) is 0 Å². The number of ether oxygens (including phenoxy) is 1. The lowest BCUT2D eigenvalue weighted by Crippen LogP contribution is -2.27. The van der Waals surface area contributed by atoms with Gasteiger partial charge in [0, 0.05) is 23.4 Å². The third-order valence-electron chi connectivity index (χ3n) is 4.25. The number of nitro groups is 1. The van der Waals surface area contributed by atoms with Crippen molar-refractivity contribution in [3.8, 4) is 0 Å². The molecule has 28 heavy (non-hydrogen) atoms. The summed E-state index contributed by atoms with van der Waals surface area (Å²) in [4.78, 5) is 31.6. The first-order valence-electron chi connectivity index (χ1n) is 8.26. The van der Waals surface area contributed by atoms with Gasteiger partial charge in [0.1, 0.15) is 18.2 Å². The number of anilines is 3. The van der Waals surface area contributed by atoms with Crippen LogP contribution in [0.2, 0.25) is 0 Å². The Labute approximate surface area is 160 Å². The second-order valence-electron chi connectivity index (χ2n) is 6.07. The van der Waals surface area contributed by atoms with Crippen LogP contribution in [-0.4, -0.2) is 27.5 Å². The van der Waals surface area contributed by atoms with E-state index in [1.165, 1.54) is 24.3 Å². The fourth-order valence-corrected chi connectivity index (χ4v) is 3.12. The molecule has 2 heterocycles. The lowest BCUT2D eigenvalue weighted by molar-refractivity contribution is -0.384. The normalized spacial score (nSPS) is 15.4. The van der Waals surface area contributed by atoms with Gasteiger partial charge in [-0.25, -0.2) is 4.79 Å². The number of aromatic nitrogens is 2. The molecule has 0 saturated heterocycles. The first-order valence-corrected chi connectivity index (χ1v) is 8.26. The van der Waals surface area contributed by atoms with Crippen molar-refractivity contribution in [1.82, 2.24) is 9.97 Å². The van der Waals surface area contributed by atoms with Gasteiger partial charge in [-0.3, -0.25) is 10.1 Å². The Morgan fingerprint density at radius 1 is 1.43 bits per heavy atom. The van der Waals surface area contributed by atoms with E-state index in [2.05, 4.69) is 21.9 Å². The van der Waals surface area contributed by atoms with Gasteiger partial charge in [0.15, 0.2) is 0 Å². The number of rotatable bonds is 5. The number of carbonyl (C=O) groups excluding carboxylic acids is 1. The van der Waals surface area contributed by atoms with Crippen molar-refractivity contribution in [1.29, 1.82) is 0 Å². The topological polar surface area (TPSA) is 159 Å². The Balaban J connectivity index is 2.24. The highest BCUT2D eigenvalue weighted by Crippen LogP contribution is 2.44. The highest BCUT2D eigenvalue weighted by molar-refractivity contribution is 5.95. The van der Waals surface area contributed by atoms with Crippen molar-refractivity contribution in [3.63, 3.8) is 0 Å². The molecule has 5 N–H and O–H groups in total. The Bertz CT molecular complexity index is 1020. The molecule has 1 aliphatic heterocycles. The number of allylic oxidation sites excluding steroid dienone is 1. The van der Waals surface area contributed by atoms with Crippen LogP contribution in [-0.2, 0) is 9.53 Å². The van der Waals surface area contributed by atoms with Gasteiger partial charge >= 0.3 is 5.97 Å². The number of hydrogen-bond acceptors (Lipinski definition) is 9. The van der Waals surface area contributed by atoms with Gasteiger partial charge in [0.05, 0.1) is 16.4 Å².